The molecule has 0 aliphatic carbocycles. The summed E-state index contributed by atoms with van der Waals surface area (Å²) in [6, 6.07) is 55.9. The average Bonchev–Trinajstić information content (AvgIpc) is 3.64. The normalized spacial score (nSPS) is 11.9. The van der Waals surface area contributed by atoms with Gasteiger partial charge in [-0.3, -0.25) is 4.57 Å². The van der Waals surface area contributed by atoms with Crippen LogP contribution in [-0.4, -0.2) is 19.1 Å². The first-order valence-corrected chi connectivity index (χ1v) is 15.6. The van der Waals surface area contributed by atoms with Crippen LogP contribution in [0, 0.1) is 0 Å². The molecule has 7 aromatic carbocycles. The molecule has 0 unspecified atom stereocenters. The molecule has 10 rings (SSSR count). The smallest absolute Gasteiger partial charge is 0.235 e. The third-order valence-electron chi connectivity index (χ3n) is 9.30. The summed E-state index contributed by atoms with van der Waals surface area (Å²) in [6.07, 6.45) is 0. The minimum Gasteiger partial charge on any atom is -0.309 e. The van der Waals surface area contributed by atoms with E-state index in [1.165, 1.54) is 43.4 Å². The van der Waals surface area contributed by atoms with E-state index in [1.807, 2.05) is 12.1 Å². The van der Waals surface area contributed by atoms with Crippen LogP contribution in [0.25, 0.3) is 88.2 Å². The predicted octanol–water partition coefficient (Wildman–Crippen LogP) is 10.6. The van der Waals surface area contributed by atoms with E-state index in [0.717, 1.165) is 38.9 Å². The highest BCUT2D eigenvalue weighted by atomic mass is 15.2. The molecular weight excluding hydrogens is 560 g/mol. The van der Waals surface area contributed by atoms with Crippen molar-refractivity contribution in [2.24, 2.45) is 0 Å². The Hall–Kier alpha value is -6.26. The van der Waals surface area contributed by atoms with Crippen molar-refractivity contribution in [2.45, 2.75) is 0 Å². The molecule has 0 fully saturated rings. The van der Waals surface area contributed by atoms with Gasteiger partial charge >= 0.3 is 0 Å². The molecule has 0 atom stereocenters. The van der Waals surface area contributed by atoms with Crippen LogP contribution in [0.4, 0.5) is 0 Å². The lowest BCUT2D eigenvalue weighted by Crippen LogP contribution is -2.03. The molecule has 0 aliphatic heterocycles. The van der Waals surface area contributed by atoms with Crippen molar-refractivity contribution in [3.63, 3.8) is 0 Å². The summed E-state index contributed by atoms with van der Waals surface area (Å²) in [7, 11) is 0. The van der Waals surface area contributed by atoms with Gasteiger partial charge in [0.05, 0.1) is 33.3 Å². The zero-order chi connectivity index (χ0) is 30.2. The maximum atomic E-state index is 5.28. The molecule has 4 heteroatoms. The summed E-state index contributed by atoms with van der Waals surface area (Å²) < 4.78 is 4.65. The van der Waals surface area contributed by atoms with E-state index in [2.05, 4.69) is 155 Å². The molecule has 46 heavy (non-hydrogen) atoms. The Labute approximate surface area is 264 Å². The van der Waals surface area contributed by atoms with Gasteiger partial charge in [0.1, 0.15) is 0 Å². The minimum absolute atomic E-state index is 0.668. The van der Waals surface area contributed by atoms with E-state index in [-0.39, 0.29) is 0 Å². The first kappa shape index (κ1) is 25.1. The Kier molecular flexibility index (Phi) is 5.25. The Morgan fingerprint density at radius 2 is 0.978 bits per heavy atom. The number of rotatable bonds is 3. The second-order valence-corrected chi connectivity index (χ2v) is 11.8. The molecule has 0 N–H and O–H groups in total. The molecular formula is C42H26N4. The summed E-state index contributed by atoms with van der Waals surface area (Å²) in [5.41, 5.74) is 8.61. The van der Waals surface area contributed by atoms with E-state index < -0.39 is 0 Å². The molecule has 0 radical (unpaired) electrons. The van der Waals surface area contributed by atoms with Crippen molar-refractivity contribution < 1.29 is 0 Å². The zero-order valence-electron chi connectivity index (χ0n) is 24.8. The molecule has 0 amide bonds. The summed E-state index contributed by atoms with van der Waals surface area (Å²) >= 11 is 0. The fourth-order valence-corrected chi connectivity index (χ4v) is 7.31. The predicted molar refractivity (Wildman–Crippen MR) is 191 cm³/mol. The fourth-order valence-electron chi connectivity index (χ4n) is 7.31. The van der Waals surface area contributed by atoms with Crippen molar-refractivity contribution in [1.29, 1.82) is 0 Å². The van der Waals surface area contributed by atoms with Crippen LogP contribution in [-0.2, 0) is 0 Å². The number of aromatic nitrogens is 4. The SMILES string of the molecule is c1ccc(-c2nc(-n3c4ccccc4c4c5c6ccccc6n(-c6ccc7ccccc7c6)c5ccc43)nc3ccccc23)cc1. The highest BCUT2D eigenvalue weighted by Crippen LogP contribution is 2.42. The number of hydrogen-bond acceptors (Lipinski definition) is 2. The van der Waals surface area contributed by atoms with Gasteiger partial charge in [0.2, 0.25) is 5.95 Å². The summed E-state index contributed by atoms with van der Waals surface area (Å²) in [4.78, 5) is 10.5. The molecule has 3 aromatic heterocycles. The van der Waals surface area contributed by atoms with Crippen LogP contribution in [0.1, 0.15) is 0 Å². The minimum atomic E-state index is 0.668. The molecule has 4 nitrogen and oxygen atoms in total. The lowest BCUT2D eigenvalue weighted by atomic mass is 10.1. The highest BCUT2D eigenvalue weighted by Gasteiger charge is 2.22. The van der Waals surface area contributed by atoms with E-state index in [9.17, 15) is 0 Å². The Morgan fingerprint density at radius 3 is 1.74 bits per heavy atom. The second-order valence-electron chi connectivity index (χ2n) is 11.8. The third-order valence-corrected chi connectivity index (χ3v) is 9.30. The summed E-state index contributed by atoms with van der Waals surface area (Å²) in [6.45, 7) is 0. The van der Waals surface area contributed by atoms with Crippen LogP contribution < -0.4 is 0 Å². The van der Waals surface area contributed by atoms with Crippen molar-refractivity contribution in [1.82, 2.24) is 19.1 Å². The lowest BCUT2D eigenvalue weighted by Gasteiger charge is -2.12. The van der Waals surface area contributed by atoms with Crippen LogP contribution >= 0.6 is 0 Å². The largest absolute Gasteiger partial charge is 0.309 e. The van der Waals surface area contributed by atoms with Gasteiger partial charge < -0.3 is 4.57 Å². The molecule has 0 aliphatic rings. The van der Waals surface area contributed by atoms with E-state index in [1.54, 1.807) is 0 Å². The molecule has 214 valence electrons. The number of para-hydroxylation sites is 3. The number of nitrogens with zero attached hydrogens (tertiary/aromatic N) is 4. The maximum Gasteiger partial charge on any atom is 0.235 e. The fraction of sp³-hybridized carbons (Fsp3) is 0. The van der Waals surface area contributed by atoms with E-state index >= 15 is 0 Å². The zero-order valence-corrected chi connectivity index (χ0v) is 24.8. The number of hydrogen-bond donors (Lipinski definition) is 0. The molecule has 3 heterocycles. The van der Waals surface area contributed by atoms with E-state index in [0.29, 0.717) is 5.95 Å². The van der Waals surface area contributed by atoms with Crippen molar-refractivity contribution in [2.75, 3.05) is 0 Å². The highest BCUT2D eigenvalue weighted by molar-refractivity contribution is 6.28. The molecule has 0 spiro atoms. The van der Waals surface area contributed by atoms with Gasteiger partial charge in [-0.1, -0.05) is 115 Å². The van der Waals surface area contributed by atoms with E-state index in [4.69, 9.17) is 9.97 Å². The topological polar surface area (TPSA) is 35.6 Å². The van der Waals surface area contributed by atoms with Crippen molar-refractivity contribution in [3.05, 3.63) is 158 Å². The monoisotopic (exact) mass is 586 g/mol. The quantitative estimate of drug-likeness (QED) is 0.206. The summed E-state index contributed by atoms with van der Waals surface area (Å²) in [5.74, 6) is 0.668. The maximum absolute atomic E-state index is 5.28. The lowest BCUT2D eigenvalue weighted by molar-refractivity contribution is 1.01. The Morgan fingerprint density at radius 1 is 0.391 bits per heavy atom. The van der Waals surface area contributed by atoms with Gasteiger partial charge in [-0.15, -0.1) is 0 Å². The molecule has 0 bridgehead atoms. The first-order chi connectivity index (χ1) is 22.8. The molecule has 0 saturated heterocycles. The van der Waals surface area contributed by atoms with Crippen molar-refractivity contribution in [3.8, 4) is 22.9 Å². The molecule has 10 aromatic rings. The van der Waals surface area contributed by atoms with Gasteiger partial charge in [-0.2, -0.15) is 0 Å². The second kappa shape index (κ2) is 9.62. The van der Waals surface area contributed by atoms with Crippen LogP contribution in [0.2, 0.25) is 0 Å². The average molecular weight is 587 g/mol. The molecule has 0 saturated carbocycles. The van der Waals surface area contributed by atoms with Gasteiger partial charge in [-0.25, -0.2) is 9.97 Å². The Bertz CT molecular complexity index is 2810. The van der Waals surface area contributed by atoms with Crippen LogP contribution in [0.3, 0.4) is 0 Å². The van der Waals surface area contributed by atoms with Gasteiger partial charge in [0.25, 0.3) is 0 Å². The first-order valence-electron chi connectivity index (χ1n) is 15.6. The van der Waals surface area contributed by atoms with Crippen LogP contribution in [0.5, 0.6) is 0 Å². The van der Waals surface area contributed by atoms with Gasteiger partial charge in [0.15, 0.2) is 0 Å². The van der Waals surface area contributed by atoms with Gasteiger partial charge in [0, 0.05) is 38.2 Å². The number of fused-ring (bicyclic) bond motifs is 9. The Balaban J connectivity index is 1.33. The van der Waals surface area contributed by atoms with Crippen molar-refractivity contribution >= 4 is 65.3 Å². The number of benzene rings is 7. The van der Waals surface area contributed by atoms with Gasteiger partial charge in [-0.05, 0) is 53.2 Å². The van der Waals surface area contributed by atoms with Crippen LogP contribution in [0.15, 0.2) is 158 Å². The summed E-state index contributed by atoms with van der Waals surface area (Å²) in [5, 5.41) is 8.36. The standard InChI is InChI=1S/C42H26N4/c1-2-13-28(14-3-1)41-31-16-6-9-19-34(31)43-42(44-41)46-36-21-11-8-18-33(36)40-38(46)25-24-37-39(40)32-17-7-10-20-35(32)45(37)30-23-22-27-12-4-5-15-29(27)26-30/h1-26H. The third kappa shape index (κ3) is 3.55.